The molecule has 1 heterocycles. The first kappa shape index (κ1) is 12.3. The first-order chi connectivity index (χ1) is 8.16. The highest BCUT2D eigenvalue weighted by Crippen LogP contribution is 2.18. The quantitative estimate of drug-likeness (QED) is 0.946. The van der Waals surface area contributed by atoms with Gasteiger partial charge in [0.2, 0.25) is 0 Å². The van der Waals surface area contributed by atoms with Gasteiger partial charge in [0, 0.05) is 15.5 Å². The maximum Gasteiger partial charge on any atom is 0.252 e. The summed E-state index contributed by atoms with van der Waals surface area (Å²) in [5.74, 6) is -0.0784. The van der Waals surface area contributed by atoms with Crippen molar-refractivity contribution in [3.8, 4) is 0 Å². The Morgan fingerprint density at radius 3 is 3.00 bits per heavy atom. The number of rotatable bonds is 3. The second-order valence-electron chi connectivity index (χ2n) is 3.63. The summed E-state index contributed by atoms with van der Waals surface area (Å²) in [4.78, 5) is 16.9. The number of nitrogens with one attached hydrogen (secondary N) is 1. The number of thiazole rings is 1. The number of carbonyl (C=O) groups excluding carboxylic acids is 1. The third-order valence-electron chi connectivity index (χ3n) is 2.28. The van der Waals surface area contributed by atoms with E-state index >= 15 is 0 Å². The van der Waals surface area contributed by atoms with E-state index in [1.54, 1.807) is 11.7 Å². The zero-order valence-electron chi connectivity index (χ0n) is 9.24. The summed E-state index contributed by atoms with van der Waals surface area (Å²) in [5, 5.41) is 2.86. The standard InChI is InChI=1S/C12H11BrN2OS/c1-8-2-3-10(11(13)4-8)12(16)15-6-9-5-14-7-17-9/h2-5,7H,6H2,1H3,(H,15,16). The summed E-state index contributed by atoms with van der Waals surface area (Å²) >= 11 is 4.93. The highest BCUT2D eigenvalue weighted by atomic mass is 79.9. The molecule has 1 aromatic carbocycles. The first-order valence-corrected chi connectivity index (χ1v) is 6.76. The van der Waals surface area contributed by atoms with Crippen LogP contribution in [0.15, 0.2) is 34.4 Å². The van der Waals surface area contributed by atoms with Crippen molar-refractivity contribution in [3.63, 3.8) is 0 Å². The van der Waals surface area contributed by atoms with Crippen molar-refractivity contribution in [2.45, 2.75) is 13.5 Å². The van der Waals surface area contributed by atoms with E-state index in [9.17, 15) is 4.79 Å². The summed E-state index contributed by atoms with van der Waals surface area (Å²) in [6.07, 6.45) is 1.76. The van der Waals surface area contributed by atoms with Crippen molar-refractivity contribution >= 4 is 33.2 Å². The fourth-order valence-electron chi connectivity index (χ4n) is 1.40. The maximum atomic E-state index is 11.9. The van der Waals surface area contributed by atoms with E-state index in [1.807, 2.05) is 25.1 Å². The van der Waals surface area contributed by atoms with Gasteiger partial charge in [0.25, 0.3) is 5.91 Å². The van der Waals surface area contributed by atoms with Crippen LogP contribution in [-0.2, 0) is 6.54 Å². The number of hydrogen-bond acceptors (Lipinski definition) is 3. The molecule has 1 amide bonds. The lowest BCUT2D eigenvalue weighted by atomic mass is 10.1. The third kappa shape index (κ3) is 3.14. The Bertz CT molecular complexity index is 525. The van der Waals surface area contributed by atoms with Gasteiger partial charge >= 0.3 is 0 Å². The SMILES string of the molecule is Cc1ccc(C(=O)NCc2cncs2)c(Br)c1. The van der Waals surface area contributed by atoms with Gasteiger partial charge < -0.3 is 5.32 Å². The van der Waals surface area contributed by atoms with Gasteiger partial charge in [-0.25, -0.2) is 0 Å². The molecule has 0 aliphatic rings. The maximum absolute atomic E-state index is 11.9. The number of benzene rings is 1. The smallest absolute Gasteiger partial charge is 0.252 e. The van der Waals surface area contributed by atoms with Crippen molar-refractivity contribution in [2.75, 3.05) is 0 Å². The number of hydrogen-bond donors (Lipinski definition) is 1. The molecule has 0 spiro atoms. The Hall–Kier alpha value is -1.20. The van der Waals surface area contributed by atoms with E-state index < -0.39 is 0 Å². The molecular formula is C12H11BrN2OS. The highest BCUT2D eigenvalue weighted by molar-refractivity contribution is 9.10. The van der Waals surface area contributed by atoms with Crippen LogP contribution in [0, 0.1) is 6.92 Å². The van der Waals surface area contributed by atoms with E-state index in [-0.39, 0.29) is 5.91 Å². The lowest BCUT2D eigenvalue weighted by Crippen LogP contribution is -2.22. The van der Waals surface area contributed by atoms with Crippen LogP contribution in [0.4, 0.5) is 0 Å². The van der Waals surface area contributed by atoms with Crippen molar-refractivity contribution < 1.29 is 4.79 Å². The molecule has 0 atom stereocenters. The second-order valence-corrected chi connectivity index (χ2v) is 5.46. The number of amides is 1. The van der Waals surface area contributed by atoms with E-state index in [2.05, 4.69) is 26.2 Å². The molecule has 0 saturated heterocycles. The molecule has 88 valence electrons. The zero-order chi connectivity index (χ0) is 12.3. The van der Waals surface area contributed by atoms with Gasteiger partial charge in [-0.15, -0.1) is 11.3 Å². The molecule has 17 heavy (non-hydrogen) atoms. The Morgan fingerprint density at radius 1 is 1.53 bits per heavy atom. The average Bonchev–Trinajstić information content (AvgIpc) is 2.78. The zero-order valence-corrected chi connectivity index (χ0v) is 11.6. The number of carbonyl (C=O) groups is 1. The molecule has 3 nitrogen and oxygen atoms in total. The molecule has 1 aromatic heterocycles. The molecule has 5 heteroatoms. The van der Waals surface area contributed by atoms with E-state index in [4.69, 9.17) is 0 Å². The minimum atomic E-state index is -0.0784. The normalized spacial score (nSPS) is 10.2. The topological polar surface area (TPSA) is 42.0 Å². The van der Waals surface area contributed by atoms with Crippen LogP contribution in [0.1, 0.15) is 20.8 Å². The minimum Gasteiger partial charge on any atom is -0.347 e. The molecule has 0 unspecified atom stereocenters. The van der Waals surface area contributed by atoms with Gasteiger partial charge in [-0.1, -0.05) is 6.07 Å². The molecule has 2 aromatic rings. The van der Waals surface area contributed by atoms with Gasteiger partial charge in [0.1, 0.15) is 0 Å². The summed E-state index contributed by atoms with van der Waals surface area (Å²) in [6, 6.07) is 5.68. The fourth-order valence-corrected chi connectivity index (χ4v) is 2.60. The molecule has 0 aliphatic heterocycles. The van der Waals surface area contributed by atoms with Crippen LogP contribution in [0.3, 0.4) is 0 Å². The average molecular weight is 311 g/mol. The predicted octanol–water partition coefficient (Wildman–Crippen LogP) is 3.14. The molecule has 0 bridgehead atoms. The van der Waals surface area contributed by atoms with E-state index in [0.29, 0.717) is 12.1 Å². The van der Waals surface area contributed by atoms with Crippen molar-refractivity contribution in [1.29, 1.82) is 0 Å². The Balaban J connectivity index is 2.04. The first-order valence-electron chi connectivity index (χ1n) is 5.08. The summed E-state index contributed by atoms with van der Waals surface area (Å²) in [5.41, 5.74) is 3.53. The molecule has 2 rings (SSSR count). The van der Waals surface area contributed by atoms with Crippen LogP contribution in [0.2, 0.25) is 0 Å². The summed E-state index contributed by atoms with van der Waals surface area (Å²) in [6.45, 7) is 2.51. The molecule has 0 aliphatic carbocycles. The molecule has 1 N–H and O–H groups in total. The van der Waals surface area contributed by atoms with Crippen molar-refractivity contribution in [2.24, 2.45) is 0 Å². The summed E-state index contributed by atoms with van der Waals surface area (Å²) < 4.78 is 0.819. The van der Waals surface area contributed by atoms with Gasteiger partial charge in [-0.05, 0) is 40.5 Å². The molecular weight excluding hydrogens is 300 g/mol. The summed E-state index contributed by atoms with van der Waals surface area (Å²) in [7, 11) is 0. The largest absolute Gasteiger partial charge is 0.347 e. The number of halogens is 1. The fraction of sp³-hybridized carbons (Fsp3) is 0.167. The van der Waals surface area contributed by atoms with Crippen LogP contribution < -0.4 is 5.32 Å². The van der Waals surface area contributed by atoms with E-state index in [0.717, 1.165) is 14.9 Å². The molecule has 0 saturated carbocycles. The van der Waals surface area contributed by atoms with Gasteiger partial charge in [-0.2, -0.15) is 0 Å². The van der Waals surface area contributed by atoms with E-state index in [1.165, 1.54) is 11.3 Å². The second kappa shape index (κ2) is 5.42. The number of aryl methyl sites for hydroxylation is 1. The highest BCUT2D eigenvalue weighted by Gasteiger charge is 2.09. The van der Waals surface area contributed by atoms with Crippen LogP contribution in [0.5, 0.6) is 0 Å². The Morgan fingerprint density at radius 2 is 2.35 bits per heavy atom. The Kier molecular flexibility index (Phi) is 3.91. The number of aromatic nitrogens is 1. The Labute approximate surface area is 112 Å². The van der Waals surface area contributed by atoms with Crippen LogP contribution in [-0.4, -0.2) is 10.9 Å². The molecule has 0 radical (unpaired) electrons. The van der Waals surface area contributed by atoms with Gasteiger partial charge in [-0.3, -0.25) is 9.78 Å². The predicted molar refractivity (Wildman–Crippen MR) is 72.2 cm³/mol. The van der Waals surface area contributed by atoms with Gasteiger partial charge in [0.15, 0.2) is 0 Å². The van der Waals surface area contributed by atoms with Gasteiger partial charge in [0.05, 0.1) is 17.6 Å². The van der Waals surface area contributed by atoms with Crippen LogP contribution >= 0.6 is 27.3 Å². The van der Waals surface area contributed by atoms with Crippen molar-refractivity contribution in [3.05, 3.63) is 50.4 Å². The monoisotopic (exact) mass is 310 g/mol. The lowest BCUT2D eigenvalue weighted by molar-refractivity contribution is 0.0950. The van der Waals surface area contributed by atoms with Crippen LogP contribution in [0.25, 0.3) is 0 Å². The number of nitrogens with zero attached hydrogens (tertiary/aromatic N) is 1. The minimum absolute atomic E-state index is 0.0784. The molecule has 0 fully saturated rings. The lowest BCUT2D eigenvalue weighted by Gasteiger charge is -2.06. The van der Waals surface area contributed by atoms with Crippen molar-refractivity contribution in [1.82, 2.24) is 10.3 Å². The third-order valence-corrected chi connectivity index (χ3v) is 3.71.